The third-order valence-electron chi connectivity index (χ3n) is 6.81. The van der Waals surface area contributed by atoms with E-state index >= 15 is 0 Å². The van der Waals surface area contributed by atoms with Crippen LogP contribution in [0.4, 0.5) is 5.82 Å². The van der Waals surface area contributed by atoms with E-state index in [1.807, 2.05) is 36.4 Å². The summed E-state index contributed by atoms with van der Waals surface area (Å²) in [7, 11) is 0. The zero-order chi connectivity index (χ0) is 24.7. The van der Waals surface area contributed by atoms with Crippen molar-refractivity contribution in [3.8, 4) is 0 Å². The first-order chi connectivity index (χ1) is 17.7. The highest BCUT2D eigenvalue weighted by atomic mass is 16.6. The summed E-state index contributed by atoms with van der Waals surface area (Å²) in [6.07, 6.45) is 14.4. The largest absolute Gasteiger partial charge is 0.456 e. The molecule has 2 aliphatic heterocycles. The molecule has 3 aliphatic rings. The van der Waals surface area contributed by atoms with E-state index in [4.69, 9.17) is 9.47 Å². The van der Waals surface area contributed by atoms with Crippen molar-refractivity contribution in [3.05, 3.63) is 108 Å². The van der Waals surface area contributed by atoms with Gasteiger partial charge in [0, 0.05) is 44.0 Å². The highest BCUT2D eigenvalue weighted by Gasteiger charge is 2.25. The number of nitrogens with zero attached hydrogens (tertiary/aromatic N) is 3. The molecule has 1 aromatic carbocycles. The Morgan fingerprint density at radius 1 is 1.06 bits per heavy atom. The number of hydrogen-bond acceptors (Lipinski definition) is 6. The van der Waals surface area contributed by atoms with Crippen molar-refractivity contribution in [2.45, 2.75) is 32.2 Å². The summed E-state index contributed by atoms with van der Waals surface area (Å²) in [6, 6.07) is 13.7. The zero-order valence-electron chi connectivity index (χ0n) is 20.6. The maximum absolute atomic E-state index is 12.5. The Bertz CT molecular complexity index is 1180. The van der Waals surface area contributed by atoms with Gasteiger partial charge >= 0.3 is 0 Å². The van der Waals surface area contributed by atoms with Gasteiger partial charge in [-0.25, -0.2) is 4.98 Å². The smallest absolute Gasteiger partial charge is 0.256 e. The highest BCUT2D eigenvalue weighted by Crippen LogP contribution is 2.26. The molecule has 0 saturated carbocycles. The molecule has 36 heavy (non-hydrogen) atoms. The molecule has 7 heteroatoms. The molecule has 5 rings (SSSR count). The van der Waals surface area contributed by atoms with Crippen LogP contribution >= 0.6 is 0 Å². The second-order valence-corrected chi connectivity index (χ2v) is 9.27. The van der Waals surface area contributed by atoms with Gasteiger partial charge in [0.05, 0.1) is 0 Å². The molecule has 186 valence electrons. The normalized spacial score (nSPS) is 18.8. The molecule has 1 aromatic heterocycles. The van der Waals surface area contributed by atoms with Gasteiger partial charge in [-0.2, -0.15) is 0 Å². The first-order valence-electron chi connectivity index (χ1n) is 12.6. The number of amides is 1. The number of aromatic nitrogens is 1. The number of allylic oxidation sites excluding steroid dienone is 4. The van der Waals surface area contributed by atoms with E-state index < -0.39 is 0 Å². The van der Waals surface area contributed by atoms with Gasteiger partial charge in [0.15, 0.2) is 12.0 Å². The average molecular weight is 485 g/mol. The van der Waals surface area contributed by atoms with Crippen LogP contribution < -0.4 is 5.32 Å². The second kappa shape index (κ2) is 11.3. The van der Waals surface area contributed by atoms with Gasteiger partial charge in [0.25, 0.3) is 5.91 Å². The lowest BCUT2D eigenvalue weighted by molar-refractivity contribution is 0.0688. The third kappa shape index (κ3) is 5.86. The van der Waals surface area contributed by atoms with Gasteiger partial charge in [-0.15, -0.1) is 0 Å². The topological polar surface area (TPSA) is 66.9 Å². The van der Waals surface area contributed by atoms with E-state index in [0.29, 0.717) is 17.4 Å². The lowest BCUT2D eigenvalue weighted by Gasteiger charge is -2.39. The van der Waals surface area contributed by atoms with Crippen molar-refractivity contribution in [3.63, 3.8) is 0 Å². The van der Waals surface area contributed by atoms with E-state index in [2.05, 4.69) is 45.3 Å². The lowest BCUT2D eigenvalue weighted by Crippen LogP contribution is -2.49. The Hall–Kier alpha value is -3.84. The fourth-order valence-corrected chi connectivity index (χ4v) is 4.66. The molecule has 1 atom stereocenters. The number of hydrogen-bond donors (Lipinski definition) is 1. The van der Waals surface area contributed by atoms with Crippen LogP contribution in [0.2, 0.25) is 0 Å². The Morgan fingerprint density at radius 2 is 1.89 bits per heavy atom. The Morgan fingerprint density at radius 3 is 2.56 bits per heavy atom. The molecular formula is C29H32N4O3. The van der Waals surface area contributed by atoms with E-state index in [9.17, 15) is 4.79 Å². The fraction of sp³-hybridized carbons (Fsp3) is 0.310. The van der Waals surface area contributed by atoms with Crippen molar-refractivity contribution >= 4 is 11.7 Å². The molecule has 1 saturated heterocycles. The monoisotopic (exact) mass is 484 g/mol. The molecule has 0 bridgehead atoms. The third-order valence-corrected chi connectivity index (χ3v) is 6.81. The number of pyridine rings is 1. The number of piperazine rings is 1. The van der Waals surface area contributed by atoms with Crippen molar-refractivity contribution in [2.75, 3.05) is 31.5 Å². The predicted molar refractivity (Wildman–Crippen MR) is 140 cm³/mol. The van der Waals surface area contributed by atoms with Gasteiger partial charge in [-0.3, -0.25) is 9.69 Å². The van der Waals surface area contributed by atoms with Gasteiger partial charge in [0.2, 0.25) is 5.88 Å². The summed E-state index contributed by atoms with van der Waals surface area (Å²) in [5, 5.41) is 2.82. The number of ether oxygens (including phenoxy) is 2. The predicted octanol–water partition coefficient (Wildman–Crippen LogP) is 4.85. The van der Waals surface area contributed by atoms with Gasteiger partial charge in [-0.05, 0) is 61.6 Å². The van der Waals surface area contributed by atoms with E-state index in [1.54, 1.807) is 24.8 Å². The van der Waals surface area contributed by atoms with Gasteiger partial charge < -0.3 is 19.7 Å². The first-order valence-corrected chi connectivity index (χ1v) is 12.6. The molecule has 0 radical (unpaired) electrons. The fourth-order valence-electron chi connectivity index (χ4n) is 4.66. The maximum Gasteiger partial charge on any atom is 0.256 e. The summed E-state index contributed by atoms with van der Waals surface area (Å²) in [4.78, 5) is 21.3. The summed E-state index contributed by atoms with van der Waals surface area (Å²) in [5.74, 6) is 1.98. The van der Waals surface area contributed by atoms with Crippen molar-refractivity contribution < 1.29 is 14.3 Å². The van der Waals surface area contributed by atoms with Crippen molar-refractivity contribution in [1.29, 1.82) is 0 Å². The van der Waals surface area contributed by atoms with E-state index in [-0.39, 0.29) is 5.91 Å². The van der Waals surface area contributed by atoms with Crippen LogP contribution in [0.3, 0.4) is 0 Å². The Balaban J connectivity index is 1.08. The van der Waals surface area contributed by atoms with Crippen LogP contribution in [0.25, 0.3) is 0 Å². The van der Waals surface area contributed by atoms with E-state index in [1.165, 1.54) is 11.1 Å². The number of rotatable bonds is 7. The van der Waals surface area contributed by atoms with Crippen LogP contribution in [0.1, 0.15) is 35.7 Å². The molecule has 0 spiro atoms. The second-order valence-electron chi connectivity index (χ2n) is 9.27. The van der Waals surface area contributed by atoms with Crippen molar-refractivity contribution in [1.82, 2.24) is 14.8 Å². The first kappa shape index (κ1) is 23.9. The summed E-state index contributed by atoms with van der Waals surface area (Å²) in [6.45, 7) is 5.96. The minimum atomic E-state index is -0.151. The number of anilines is 1. The molecule has 1 aliphatic carbocycles. The Kier molecular flexibility index (Phi) is 7.47. The highest BCUT2D eigenvalue weighted by molar-refractivity contribution is 6.03. The average Bonchev–Trinajstić information content (AvgIpc) is 2.94. The minimum Gasteiger partial charge on any atom is -0.456 e. The van der Waals surface area contributed by atoms with Crippen LogP contribution in [0.15, 0.2) is 96.6 Å². The van der Waals surface area contributed by atoms with Crippen LogP contribution in [-0.2, 0) is 15.9 Å². The molecule has 1 amide bonds. The number of benzene rings is 1. The zero-order valence-corrected chi connectivity index (χ0v) is 20.6. The van der Waals surface area contributed by atoms with Gasteiger partial charge in [-0.1, -0.05) is 36.4 Å². The standard InChI is InChI=1S/C29H32N4O3/c1-22(19-23-10-12-25(13-11-23)29(34)31-27-9-5-6-14-30-27)32-15-17-33(18-16-32)28-21-35-26(20-36-28)24-7-3-2-4-8-24/h2-3,5-7,9-14,20-22H,4,8,15-19H2,1H3,(H,30,31,34)/t22-/m1/s1. The maximum atomic E-state index is 12.5. The van der Waals surface area contributed by atoms with Crippen LogP contribution in [-0.4, -0.2) is 52.9 Å². The SMILES string of the molecule is C[C@H](Cc1ccc(C(=O)Nc2ccccn2)cc1)N1CCN(C2=COC(C3=CC=CCC3)=CO2)CC1. The molecule has 2 aromatic rings. The quantitative estimate of drug-likeness (QED) is 0.606. The molecule has 0 unspecified atom stereocenters. The number of carbonyl (C=O) groups is 1. The lowest BCUT2D eigenvalue weighted by atomic mass is 10.0. The molecule has 3 heterocycles. The summed E-state index contributed by atoms with van der Waals surface area (Å²) in [5.41, 5.74) is 3.02. The van der Waals surface area contributed by atoms with Crippen molar-refractivity contribution in [2.24, 2.45) is 0 Å². The van der Waals surface area contributed by atoms with Crippen LogP contribution in [0.5, 0.6) is 0 Å². The molecular weight excluding hydrogens is 452 g/mol. The molecule has 1 fully saturated rings. The van der Waals surface area contributed by atoms with Crippen LogP contribution in [0, 0.1) is 0 Å². The number of carbonyl (C=O) groups excluding carboxylic acids is 1. The number of nitrogens with one attached hydrogen (secondary N) is 1. The molecule has 7 nitrogen and oxygen atoms in total. The minimum absolute atomic E-state index is 0.151. The van der Waals surface area contributed by atoms with E-state index in [0.717, 1.165) is 57.1 Å². The summed E-state index contributed by atoms with van der Waals surface area (Å²) < 4.78 is 11.8. The summed E-state index contributed by atoms with van der Waals surface area (Å²) >= 11 is 0. The Labute approximate surface area is 212 Å². The molecule has 1 N–H and O–H groups in total. The van der Waals surface area contributed by atoms with Gasteiger partial charge in [0.1, 0.15) is 12.1 Å².